The lowest BCUT2D eigenvalue weighted by Crippen LogP contribution is -2.33. The fourth-order valence-corrected chi connectivity index (χ4v) is 3.65. The van der Waals surface area contributed by atoms with Gasteiger partial charge in [-0.1, -0.05) is 0 Å². The highest BCUT2D eigenvalue weighted by Gasteiger charge is 2.27. The number of hydrogen-bond donors (Lipinski definition) is 2. The van der Waals surface area contributed by atoms with Crippen LogP contribution < -0.4 is 5.32 Å². The molecule has 2 rings (SSSR count). The van der Waals surface area contributed by atoms with E-state index in [2.05, 4.69) is 10.3 Å². The Morgan fingerprint density at radius 2 is 2.18 bits per heavy atom. The number of hydrogen-bond acceptors (Lipinski definition) is 5. The predicted octanol–water partition coefficient (Wildman–Crippen LogP) is -0.108. The SMILES string of the molecule is O=S1(=O)CCC(NCC(O)c2ccncc2)C1. The van der Waals surface area contributed by atoms with E-state index in [0.29, 0.717) is 13.0 Å². The summed E-state index contributed by atoms with van der Waals surface area (Å²) in [6.45, 7) is 0.365. The summed E-state index contributed by atoms with van der Waals surface area (Å²) in [6.07, 6.45) is 3.25. The molecule has 0 radical (unpaired) electrons. The monoisotopic (exact) mass is 256 g/mol. The van der Waals surface area contributed by atoms with E-state index in [1.165, 1.54) is 0 Å². The van der Waals surface area contributed by atoms with Gasteiger partial charge in [-0.15, -0.1) is 0 Å². The van der Waals surface area contributed by atoms with Gasteiger partial charge in [-0.25, -0.2) is 8.42 Å². The van der Waals surface area contributed by atoms with Crippen LogP contribution >= 0.6 is 0 Å². The first-order valence-electron chi connectivity index (χ1n) is 5.58. The van der Waals surface area contributed by atoms with E-state index in [0.717, 1.165) is 5.56 Å². The van der Waals surface area contributed by atoms with Crippen molar-refractivity contribution in [3.8, 4) is 0 Å². The van der Waals surface area contributed by atoms with E-state index in [9.17, 15) is 13.5 Å². The van der Waals surface area contributed by atoms with Gasteiger partial charge in [0.05, 0.1) is 17.6 Å². The summed E-state index contributed by atoms with van der Waals surface area (Å²) in [4.78, 5) is 3.87. The molecule has 0 aliphatic carbocycles. The quantitative estimate of drug-likeness (QED) is 0.786. The van der Waals surface area contributed by atoms with E-state index >= 15 is 0 Å². The fourth-order valence-electron chi connectivity index (χ4n) is 1.94. The van der Waals surface area contributed by atoms with Gasteiger partial charge in [0, 0.05) is 25.0 Å². The second-order valence-corrected chi connectivity index (χ2v) is 6.53. The van der Waals surface area contributed by atoms with E-state index in [1.54, 1.807) is 24.5 Å². The fraction of sp³-hybridized carbons (Fsp3) is 0.545. The Hall–Kier alpha value is -0.980. The van der Waals surface area contributed by atoms with Crippen molar-refractivity contribution in [2.24, 2.45) is 0 Å². The molecule has 2 unspecified atom stereocenters. The van der Waals surface area contributed by atoms with Crippen LogP contribution in [0.4, 0.5) is 0 Å². The van der Waals surface area contributed by atoms with Crippen LogP contribution in [0, 0.1) is 0 Å². The van der Waals surface area contributed by atoms with Crippen LogP contribution in [0.25, 0.3) is 0 Å². The first-order chi connectivity index (χ1) is 8.07. The molecule has 5 nitrogen and oxygen atoms in total. The lowest BCUT2D eigenvalue weighted by atomic mass is 10.1. The molecule has 0 aromatic carbocycles. The maximum Gasteiger partial charge on any atom is 0.151 e. The van der Waals surface area contributed by atoms with Crippen molar-refractivity contribution in [1.29, 1.82) is 0 Å². The van der Waals surface area contributed by atoms with Gasteiger partial charge in [-0.2, -0.15) is 0 Å². The van der Waals surface area contributed by atoms with Gasteiger partial charge in [0.2, 0.25) is 0 Å². The summed E-state index contributed by atoms with van der Waals surface area (Å²) < 4.78 is 22.5. The van der Waals surface area contributed by atoms with Crippen molar-refractivity contribution in [3.05, 3.63) is 30.1 Å². The van der Waals surface area contributed by atoms with Crippen molar-refractivity contribution in [2.45, 2.75) is 18.6 Å². The molecule has 2 N–H and O–H groups in total. The summed E-state index contributed by atoms with van der Waals surface area (Å²) in [6, 6.07) is 3.46. The largest absolute Gasteiger partial charge is 0.387 e. The molecule has 0 spiro atoms. The van der Waals surface area contributed by atoms with Crippen molar-refractivity contribution in [3.63, 3.8) is 0 Å². The number of aliphatic hydroxyl groups is 1. The Bertz CT molecular complexity index is 461. The van der Waals surface area contributed by atoms with E-state index in [-0.39, 0.29) is 17.5 Å². The first kappa shape index (κ1) is 12.5. The molecule has 0 amide bonds. The Labute approximate surface area is 101 Å². The zero-order valence-electron chi connectivity index (χ0n) is 9.41. The van der Waals surface area contributed by atoms with Crippen LogP contribution in [0.5, 0.6) is 0 Å². The first-order valence-corrected chi connectivity index (χ1v) is 7.41. The standard InChI is InChI=1S/C11H16N2O3S/c14-11(9-1-4-12-5-2-9)7-13-10-3-6-17(15,16)8-10/h1-2,4-5,10-11,13-14H,3,6-8H2. The van der Waals surface area contributed by atoms with Crippen molar-refractivity contribution in [1.82, 2.24) is 10.3 Å². The van der Waals surface area contributed by atoms with E-state index in [1.807, 2.05) is 0 Å². The van der Waals surface area contributed by atoms with Crippen LogP contribution in [0.15, 0.2) is 24.5 Å². The van der Waals surface area contributed by atoms with Crippen molar-refractivity contribution < 1.29 is 13.5 Å². The molecule has 1 aromatic heterocycles. The predicted molar refractivity (Wildman–Crippen MR) is 64.3 cm³/mol. The average molecular weight is 256 g/mol. The van der Waals surface area contributed by atoms with Crippen LogP contribution in [0.2, 0.25) is 0 Å². The summed E-state index contributed by atoms with van der Waals surface area (Å²) in [5.41, 5.74) is 0.786. The third-order valence-corrected chi connectivity index (χ3v) is 4.69. The second kappa shape index (κ2) is 5.12. The molecule has 2 atom stereocenters. The van der Waals surface area contributed by atoms with E-state index in [4.69, 9.17) is 0 Å². The lowest BCUT2D eigenvalue weighted by Gasteiger charge is -2.15. The number of aliphatic hydroxyl groups excluding tert-OH is 1. The maximum atomic E-state index is 11.2. The molecule has 0 saturated carbocycles. The smallest absolute Gasteiger partial charge is 0.151 e. The van der Waals surface area contributed by atoms with Gasteiger partial charge in [0.15, 0.2) is 9.84 Å². The van der Waals surface area contributed by atoms with Crippen molar-refractivity contribution >= 4 is 9.84 Å². The highest BCUT2D eigenvalue weighted by Crippen LogP contribution is 2.14. The molecular formula is C11H16N2O3S. The van der Waals surface area contributed by atoms with Gasteiger partial charge in [-0.05, 0) is 24.1 Å². The second-order valence-electron chi connectivity index (χ2n) is 4.30. The third kappa shape index (κ3) is 3.49. The molecule has 1 aliphatic heterocycles. The Morgan fingerprint density at radius 1 is 1.47 bits per heavy atom. The molecule has 94 valence electrons. The molecule has 0 bridgehead atoms. The van der Waals surface area contributed by atoms with Crippen molar-refractivity contribution in [2.75, 3.05) is 18.1 Å². The van der Waals surface area contributed by atoms with Gasteiger partial charge in [0.1, 0.15) is 0 Å². The topological polar surface area (TPSA) is 79.3 Å². The van der Waals surface area contributed by atoms with Gasteiger partial charge >= 0.3 is 0 Å². The zero-order chi connectivity index (χ0) is 12.3. The number of aromatic nitrogens is 1. The average Bonchev–Trinajstić information content (AvgIpc) is 2.67. The summed E-state index contributed by atoms with van der Waals surface area (Å²) in [5.74, 6) is 0.423. The molecule has 1 fully saturated rings. The highest BCUT2D eigenvalue weighted by molar-refractivity contribution is 7.91. The molecule has 1 aliphatic rings. The number of nitrogens with zero attached hydrogens (tertiary/aromatic N) is 1. The number of sulfone groups is 1. The van der Waals surface area contributed by atoms with Crippen LogP contribution in [0.3, 0.4) is 0 Å². The molecule has 6 heteroatoms. The number of pyridine rings is 1. The lowest BCUT2D eigenvalue weighted by molar-refractivity contribution is 0.171. The number of nitrogens with one attached hydrogen (secondary N) is 1. The third-order valence-electron chi connectivity index (χ3n) is 2.92. The van der Waals surface area contributed by atoms with Gasteiger partial charge in [-0.3, -0.25) is 4.98 Å². The molecule has 1 aromatic rings. The Morgan fingerprint density at radius 3 is 2.76 bits per heavy atom. The Kier molecular flexibility index (Phi) is 3.76. The highest BCUT2D eigenvalue weighted by atomic mass is 32.2. The van der Waals surface area contributed by atoms with Crippen LogP contribution in [-0.2, 0) is 9.84 Å². The van der Waals surface area contributed by atoms with Crippen LogP contribution in [-0.4, -0.2) is 42.6 Å². The molecule has 17 heavy (non-hydrogen) atoms. The molecule has 2 heterocycles. The van der Waals surface area contributed by atoms with Gasteiger partial charge in [0.25, 0.3) is 0 Å². The summed E-state index contributed by atoms with van der Waals surface area (Å²) in [5, 5.41) is 13.0. The minimum absolute atomic E-state index is 0.0310. The minimum Gasteiger partial charge on any atom is -0.387 e. The minimum atomic E-state index is -2.86. The van der Waals surface area contributed by atoms with Gasteiger partial charge < -0.3 is 10.4 Å². The normalized spacial score (nSPS) is 24.6. The zero-order valence-corrected chi connectivity index (χ0v) is 10.2. The maximum absolute atomic E-state index is 11.2. The van der Waals surface area contributed by atoms with Crippen LogP contribution in [0.1, 0.15) is 18.1 Å². The van der Waals surface area contributed by atoms with E-state index < -0.39 is 15.9 Å². The number of rotatable bonds is 4. The molecule has 1 saturated heterocycles. The summed E-state index contributed by atoms with van der Waals surface area (Å²) >= 11 is 0. The molecular weight excluding hydrogens is 240 g/mol. The Balaban J connectivity index is 1.83. The summed E-state index contributed by atoms with van der Waals surface area (Å²) in [7, 11) is -2.86.